The topological polar surface area (TPSA) is 76.0 Å². The van der Waals surface area contributed by atoms with E-state index in [1.165, 1.54) is 24.7 Å². The quantitative estimate of drug-likeness (QED) is 0.730. The van der Waals surface area contributed by atoms with Crippen molar-refractivity contribution in [3.63, 3.8) is 0 Å². The molecule has 1 saturated carbocycles. The van der Waals surface area contributed by atoms with E-state index in [-0.39, 0.29) is 23.5 Å². The Morgan fingerprint density at radius 1 is 1.04 bits per heavy atom. The molecule has 0 atom stereocenters. The third-order valence-corrected chi connectivity index (χ3v) is 4.31. The molecule has 4 rings (SSSR count). The van der Waals surface area contributed by atoms with Gasteiger partial charge in [-0.2, -0.15) is 0 Å². The number of benzene rings is 2. The number of halogens is 1. The fraction of sp³-hybridized carbons (Fsp3) is 0.150. The average Bonchev–Trinajstić information content (AvgIpc) is 3.34. The normalized spacial score (nSPS) is 13.2. The molecule has 0 bridgehead atoms. The summed E-state index contributed by atoms with van der Waals surface area (Å²) in [5.74, 6) is -0.982. The van der Waals surface area contributed by atoms with Gasteiger partial charge in [0.25, 0.3) is 11.8 Å². The summed E-state index contributed by atoms with van der Waals surface area (Å²) in [5, 5.41) is 5.69. The van der Waals surface area contributed by atoms with E-state index in [1.54, 1.807) is 41.0 Å². The Balaban J connectivity index is 1.58. The minimum atomic E-state index is -0.413. The Morgan fingerprint density at radius 3 is 2.52 bits per heavy atom. The van der Waals surface area contributed by atoms with Crippen LogP contribution in [0.25, 0.3) is 5.69 Å². The highest BCUT2D eigenvalue weighted by Crippen LogP contribution is 2.22. The van der Waals surface area contributed by atoms with E-state index in [9.17, 15) is 14.0 Å². The molecule has 0 spiro atoms. The van der Waals surface area contributed by atoms with Crippen molar-refractivity contribution in [3.8, 4) is 5.69 Å². The molecule has 0 radical (unpaired) electrons. The second-order valence-corrected chi connectivity index (χ2v) is 6.37. The maximum absolute atomic E-state index is 13.1. The van der Waals surface area contributed by atoms with Gasteiger partial charge in [-0.15, -0.1) is 0 Å². The van der Waals surface area contributed by atoms with Crippen molar-refractivity contribution in [2.75, 3.05) is 5.32 Å². The van der Waals surface area contributed by atoms with Gasteiger partial charge in [0.2, 0.25) is 0 Å². The lowest BCUT2D eigenvalue weighted by Crippen LogP contribution is -2.27. The molecule has 136 valence electrons. The van der Waals surface area contributed by atoms with E-state index in [2.05, 4.69) is 15.6 Å². The van der Waals surface area contributed by atoms with Crippen LogP contribution >= 0.6 is 0 Å². The van der Waals surface area contributed by atoms with Crippen LogP contribution in [0.5, 0.6) is 0 Å². The van der Waals surface area contributed by atoms with Crippen LogP contribution in [0, 0.1) is 5.82 Å². The van der Waals surface area contributed by atoms with Crippen LogP contribution in [0.2, 0.25) is 0 Å². The molecule has 1 aliphatic carbocycles. The van der Waals surface area contributed by atoms with Crippen LogP contribution in [0.15, 0.2) is 61.1 Å². The molecular weight excluding hydrogens is 347 g/mol. The van der Waals surface area contributed by atoms with Crippen molar-refractivity contribution in [1.82, 2.24) is 14.9 Å². The molecule has 1 aromatic heterocycles. The molecule has 2 aromatic carbocycles. The van der Waals surface area contributed by atoms with E-state index in [0.29, 0.717) is 16.9 Å². The average molecular weight is 364 g/mol. The van der Waals surface area contributed by atoms with E-state index in [4.69, 9.17) is 0 Å². The Labute approximate surface area is 155 Å². The summed E-state index contributed by atoms with van der Waals surface area (Å²) in [6.45, 7) is 0. The zero-order valence-electron chi connectivity index (χ0n) is 14.4. The number of imidazole rings is 1. The number of nitrogens with one attached hydrogen (secondary N) is 2. The zero-order valence-corrected chi connectivity index (χ0v) is 14.4. The third kappa shape index (κ3) is 3.72. The summed E-state index contributed by atoms with van der Waals surface area (Å²) in [6, 6.07) is 12.8. The molecule has 27 heavy (non-hydrogen) atoms. The molecule has 7 heteroatoms. The summed E-state index contributed by atoms with van der Waals surface area (Å²) in [7, 11) is 0. The number of rotatable bonds is 5. The summed E-state index contributed by atoms with van der Waals surface area (Å²) in [5.41, 5.74) is 1.72. The summed E-state index contributed by atoms with van der Waals surface area (Å²) in [4.78, 5) is 29.2. The van der Waals surface area contributed by atoms with Gasteiger partial charge < -0.3 is 10.6 Å². The number of nitrogens with zero attached hydrogens (tertiary/aromatic N) is 2. The summed E-state index contributed by atoms with van der Waals surface area (Å²) < 4.78 is 14.7. The van der Waals surface area contributed by atoms with Crippen molar-refractivity contribution >= 4 is 17.5 Å². The van der Waals surface area contributed by atoms with Crippen LogP contribution in [0.3, 0.4) is 0 Å². The Kier molecular flexibility index (Phi) is 4.42. The molecule has 1 heterocycles. The minimum Gasteiger partial charge on any atom is -0.349 e. The molecule has 0 saturated heterocycles. The van der Waals surface area contributed by atoms with Crippen LogP contribution in [-0.4, -0.2) is 27.4 Å². The molecule has 3 aromatic rings. The monoisotopic (exact) mass is 364 g/mol. The first kappa shape index (κ1) is 17.0. The summed E-state index contributed by atoms with van der Waals surface area (Å²) >= 11 is 0. The molecule has 1 aliphatic rings. The number of hydrogen-bond donors (Lipinski definition) is 2. The van der Waals surface area contributed by atoms with Crippen LogP contribution in [-0.2, 0) is 0 Å². The van der Waals surface area contributed by atoms with E-state index in [1.807, 2.05) is 0 Å². The van der Waals surface area contributed by atoms with Crippen molar-refractivity contribution in [1.29, 1.82) is 0 Å². The highest BCUT2D eigenvalue weighted by molar-refractivity contribution is 6.08. The van der Waals surface area contributed by atoms with Crippen LogP contribution in [0.4, 0.5) is 10.1 Å². The van der Waals surface area contributed by atoms with Crippen molar-refractivity contribution in [2.45, 2.75) is 18.9 Å². The lowest BCUT2D eigenvalue weighted by atomic mass is 10.1. The standard InChI is InChI=1S/C20H17FN4O2/c21-13-5-9-15(10-6-13)25-12-22-11-18(25)20(27)24-17-4-2-1-3-16(17)19(26)23-14-7-8-14/h1-6,9-12,14H,7-8H2,(H,23,26)(H,24,27). The van der Waals surface area contributed by atoms with Gasteiger partial charge in [0.1, 0.15) is 11.5 Å². The van der Waals surface area contributed by atoms with Gasteiger partial charge in [-0.3, -0.25) is 14.2 Å². The smallest absolute Gasteiger partial charge is 0.274 e. The molecule has 6 nitrogen and oxygen atoms in total. The fourth-order valence-electron chi connectivity index (χ4n) is 2.74. The van der Waals surface area contributed by atoms with Gasteiger partial charge in [-0.1, -0.05) is 12.1 Å². The van der Waals surface area contributed by atoms with Crippen molar-refractivity contribution in [3.05, 3.63) is 78.1 Å². The first-order valence-corrected chi connectivity index (χ1v) is 8.61. The second kappa shape index (κ2) is 7.03. The van der Waals surface area contributed by atoms with Gasteiger partial charge in [0, 0.05) is 11.7 Å². The number of hydrogen-bond acceptors (Lipinski definition) is 3. The van der Waals surface area contributed by atoms with Crippen LogP contribution in [0.1, 0.15) is 33.7 Å². The minimum absolute atomic E-state index is 0.208. The van der Waals surface area contributed by atoms with Crippen molar-refractivity contribution in [2.24, 2.45) is 0 Å². The molecule has 1 fully saturated rings. The molecule has 0 unspecified atom stereocenters. The molecule has 2 amide bonds. The largest absolute Gasteiger partial charge is 0.349 e. The number of para-hydroxylation sites is 1. The highest BCUT2D eigenvalue weighted by Gasteiger charge is 2.25. The number of anilines is 1. The van der Waals surface area contributed by atoms with Gasteiger partial charge in [0.05, 0.1) is 23.8 Å². The number of amides is 2. The third-order valence-electron chi connectivity index (χ3n) is 4.31. The van der Waals surface area contributed by atoms with Crippen molar-refractivity contribution < 1.29 is 14.0 Å². The van der Waals surface area contributed by atoms with Gasteiger partial charge >= 0.3 is 0 Å². The maximum Gasteiger partial charge on any atom is 0.274 e. The lowest BCUT2D eigenvalue weighted by molar-refractivity contribution is 0.0952. The number of aromatic nitrogens is 2. The Hall–Kier alpha value is -3.48. The SMILES string of the molecule is O=C(NC1CC1)c1ccccc1NC(=O)c1cncn1-c1ccc(F)cc1. The van der Waals surface area contributed by atoms with Gasteiger partial charge in [-0.05, 0) is 49.2 Å². The zero-order chi connectivity index (χ0) is 18.8. The predicted molar refractivity (Wildman–Crippen MR) is 98.4 cm³/mol. The highest BCUT2D eigenvalue weighted by atomic mass is 19.1. The fourth-order valence-corrected chi connectivity index (χ4v) is 2.74. The molecule has 0 aliphatic heterocycles. The second-order valence-electron chi connectivity index (χ2n) is 6.37. The number of carbonyl (C=O) groups is 2. The Bertz CT molecular complexity index is 993. The van der Waals surface area contributed by atoms with E-state index >= 15 is 0 Å². The van der Waals surface area contributed by atoms with E-state index < -0.39 is 5.91 Å². The Morgan fingerprint density at radius 2 is 1.78 bits per heavy atom. The first-order valence-electron chi connectivity index (χ1n) is 8.61. The summed E-state index contributed by atoms with van der Waals surface area (Å²) in [6.07, 6.45) is 4.87. The van der Waals surface area contributed by atoms with Gasteiger partial charge in [0.15, 0.2) is 0 Å². The van der Waals surface area contributed by atoms with E-state index in [0.717, 1.165) is 12.8 Å². The molecular formula is C20H17FN4O2. The van der Waals surface area contributed by atoms with Gasteiger partial charge in [-0.25, -0.2) is 9.37 Å². The maximum atomic E-state index is 13.1. The predicted octanol–water partition coefficient (Wildman–Crippen LogP) is 3.16. The lowest BCUT2D eigenvalue weighted by Gasteiger charge is -2.12. The molecule has 2 N–H and O–H groups in total. The first-order chi connectivity index (χ1) is 13.1. The number of carbonyl (C=O) groups excluding carboxylic acids is 2. The van der Waals surface area contributed by atoms with Crippen LogP contribution < -0.4 is 10.6 Å².